The van der Waals surface area contributed by atoms with E-state index in [0.29, 0.717) is 11.6 Å². The summed E-state index contributed by atoms with van der Waals surface area (Å²) in [5.74, 6) is -0.0666. The van der Waals surface area contributed by atoms with Crippen LogP contribution < -0.4 is 5.32 Å². The topological polar surface area (TPSA) is 49.4 Å². The lowest BCUT2D eigenvalue weighted by atomic mass is 9.77. The molecule has 0 saturated heterocycles. The monoisotopic (exact) mass is 350 g/mol. The van der Waals surface area contributed by atoms with E-state index in [0.717, 1.165) is 31.2 Å². The van der Waals surface area contributed by atoms with Crippen LogP contribution in [0, 0.1) is 0 Å². The van der Waals surface area contributed by atoms with E-state index in [4.69, 9.17) is 11.6 Å². The summed E-state index contributed by atoms with van der Waals surface area (Å²) >= 11 is 6.16. The van der Waals surface area contributed by atoms with Gasteiger partial charge in [0, 0.05) is 17.6 Å². The molecule has 1 saturated carbocycles. The molecule has 1 aromatic carbocycles. The maximum atomic E-state index is 13.3. The van der Waals surface area contributed by atoms with E-state index >= 15 is 0 Å². The lowest BCUT2D eigenvalue weighted by molar-refractivity contribution is -0.140. The molecule has 1 aliphatic rings. The van der Waals surface area contributed by atoms with Gasteiger partial charge >= 0.3 is 0 Å². The zero-order valence-electron chi connectivity index (χ0n) is 14.8. The van der Waals surface area contributed by atoms with Crippen molar-refractivity contribution >= 4 is 23.4 Å². The molecule has 0 bridgehead atoms. The number of likely N-dealkylation sites (N-methyl/N-ethyl adjacent to an activating group) is 1. The third-order valence-electron chi connectivity index (χ3n) is 4.70. The molecule has 0 unspecified atom stereocenters. The molecule has 1 fully saturated rings. The van der Waals surface area contributed by atoms with E-state index < -0.39 is 5.41 Å². The van der Waals surface area contributed by atoms with Crippen molar-refractivity contribution in [3.05, 3.63) is 34.9 Å². The minimum Gasteiger partial charge on any atom is -0.352 e. The summed E-state index contributed by atoms with van der Waals surface area (Å²) in [7, 11) is 0. The number of amides is 2. The van der Waals surface area contributed by atoms with Crippen LogP contribution in [0.5, 0.6) is 0 Å². The zero-order valence-corrected chi connectivity index (χ0v) is 15.5. The maximum absolute atomic E-state index is 13.3. The molecule has 1 aliphatic carbocycles. The molecule has 132 valence electrons. The predicted octanol–water partition coefficient (Wildman–Crippen LogP) is 3.52. The molecule has 24 heavy (non-hydrogen) atoms. The molecule has 0 aliphatic heterocycles. The molecule has 0 aromatic heterocycles. The number of hydrogen-bond acceptors (Lipinski definition) is 2. The van der Waals surface area contributed by atoms with Gasteiger partial charge in [-0.2, -0.15) is 0 Å². The molecule has 2 rings (SSSR count). The quantitative estimate of drug-likeness (QED) is 0.853. The Morgan fingerprint density at radius 3 is 2.50 bits per heavy atom. The number of benzene rings is 1. The van der Waals surface area contributed by atoms with Gasteiger partial charge in [0.25, 0.3) is 0 Å². The summed E-state index contributed by atoms with van der Waals surface area (Å²) in [6, 6.07) is 7.67. The Labute approximate surface area is 149 Å². The van der Waals surface area contributed by atoms with E-state index in [1.54, 1.807) is 4.90 Å². The Hall–Kier alpha value is -1.55. The van der Waals surface area contributed by atoms with Crippen LogP contribution in [-0.2, 0) is 15.0 Å². The molecule has 1 N–H and O–H groups in total. The number of nitrogens with zero attached hydrogens (tertiary/aromatic N) is 1. The molecule has 0 atom stereocenters. The van der Waals surface area contributed by atoms with Gasteiger partial charge in [0.05, 0.1) is 12.0 Å². The minimum atomic E-state index is -0.543. The fraction of sp³-hybridized carbons (Fsp3) is 0.579. The first-order chi connectivity index (χ1) is 11.4. The highest BCUT2D eigenvalue weighted by molar-refractivity contribution is 6.30. The highest BCUT2D eigenvalue weighted by Crippen LogP contribution is 2.43. The number of carbonyl (C=O) groups excluding carboxylic acids is 2. The van der Waals surface area contributed by atoms with Gasteiger partial charge in [-0.25, -0.2) is 0 Å². The Balaban J connectivity index is 2.26. The van der Waals surface area contributed by atoms with Gasteiger partial charge in [0.1, 0.15) is 0 Å². The molecule has 0 heterocycles. The summed E-state index contributed by atoms with van der Waals surface area (Å²) in [6.07, 6.45) is 3.67. The fourth-order valence-electron chi connectivity index (χ4n) is 3.56. The van der Waals surface area contributed by atoms with Crippen molar-refractivity contribution < 1.29 is 9.59 Å². The van der Waals surface area contributed by atoms with Crippen molar-refractivity contribution in [2.75, 3.05) is 13.1 Å². The Bertz CT molecular complexity index is 595. The molecular weight excluding hydrogens is 324 g/mol. The first-order valence-electron chi connectivity index (χ1n) is 8.74. The lowest BCUT2D eigenvalue weighted by Gasteiger charge is -2.34. The number of rotatable bonds is 6. The predicted molar refractivity (Wildman–Crippen MR) is 97.1 cm³/mol. The Kier molecular flexibility index (Phi) is 6.27. The second-order valence-corrected chi connectivity index (χ2v) is 7.28. The molecule has 5 heteroatoms. The normalized spacial score (nSPS) is 16.2. The van der Waals surface area contributed by atoms with Crippen LogP contribution in [0.2, 0.25) is 5.02 Å². The summed E-state index contributed by atoms with van der Waals surface area (Å²) in [4.78, 5) is 27.1. The van der Waals surface area contributed by atoms with Crippen LogP contribution in [0.25, 0.3) is 0 Å². The van der Waals surface area contributed by atoms with Gasteiger partial charge in [0.2, 0.25) is 11.8 Å². The van der Waals surface area contributed by atoms with Crippen molar-refractivity contribution in [1.82, 2.24) is 10.2 Å². The maximum Gasteiger partial charge on any atom is 0.239 e. The van der Waals surface area contributed by atoms with E-state index in [9.17, 15) is 9.59 Å². The largest absolute Gasteiger partial charge is 0.352 e. The summed E-state index contributed by atoms with van der Waals surface area (Å²) in [5.41, 5.74) is 0.430. The summed E-state index contributed by atoms with van der Waals surface area (Å²) < 4.78 is 0. The lowest BCUT2D eigenvalue weighted by Crippen LogP contribution is -2.49. The fourth-order valence-corrected chi connectivity index (χ4v) is 3.75. The molecule has 1 aromatic rings. The molecule has 4 nitrogen and oxygen atoms in total. The molecule has 0 spiro atoms. The van der Waals surface area contributed by atoms with Gasteiger partial charge in [-0.05, 0) is 51.3 Å². The van der Waals surface area contributed by atoms with Crippen molar-refractivity contribution in [2.45, 2.75) is 57.9 Å². The van der Waals surface area contributed by atoms with Crippen molar-refractivity contribution in [2.24, 2.45) is 0 Å². The summed E-state index contributed by atoms with van der Waals surface area (Å²) in [5, 5.41) is 3.51. The third kappa shape index (κ3) is 4.10. The van der Waals surface area contributed by atoms with Crippen LogP contribution >= 0.6 is 11.6 Å². The Morgan fingerprint density at radius 1 is 1.29 bits per heavy atom. The number of hydrogen-bond donors (Lipinski definition) is 1. The van der Waals surface area contributed by atoms with Crippen molar-refractivity contribution in [1.29, 1.82) is 0 Å². The van der Waals surface area contributed by atoms with E-state index in [2.05, 4.69) is 5.32 Å². The van der Waals surface area contributed by atoms with Gasteiger partial charge < -0.3 is 10.2 Å². The van der Waals surface area contributed by atoms with Crippen LogP contribution in [-0.4, -0.2) is 35.8 Å². The smallest absolute Gasteiger partial charge is 0.239 e. The average molecular weight is 351 g/mol. The van der Waals surface area contributed by atoms with E-state index in [1.807, 2.05) is 45.0 Å². The second kappa shape index (κ2) is 8.02. The van der Waals surface area contributed by atoms with Crippen LogP contribution in [0.4, 0.5) is 0 Å². The number of halogens is 1. The second-order valence-electron chi connectivity index (χ2n) is 6.84. The first kappa shape index (κ1) is 18.8. The highest BCUT2D eigenvalue weighted by atomic mass is 35.5. The molecule has 2 amide bonds. The standard InChI is InChI=1S/C19H27ClN2O2/c1-4-22(13-17(23)21-14(2)3)18(24)19(10-5-6-11-19)15-8-7-9-16(20)12-15/h7-9,12,14H,4-6,10-11,13H2,1-3H3,(H,21,23). The molecule has 0 radical (unpaired) electrons. The van der Waals surface area contributed by atoms with Crippen molar-refractivity contribution in [3.8, 4) is 0 Å². The first-order valence-corrected chi connectivity index (χ1v) is 9.11. The van der Waals surface area contributed by atoms with Crippen LogP contribution in [0.15, 0.2) is 24.3 Å². The minimum absolute atomic E-state index is 0.0451. The highest BCUT2D eigenvalue weighted by Gasteiger charge is 2.45. The van der Waals surface area contributed by atoms with Gasteiger partial charge in [-0.15, -0.1) is 0 Å². The average Bonchev–Trinajstić information content (AvgIpc) is 3.02. The van der Waals surface area contributed by atoms with Gasteiger partial charge in [-0.1, -0.05) is 36.6 Å². The van der Waals surface area contributed by atoms with E-state index in [-0.39, 0.29) is 24.4 Å². The van der Waals surface area contributed by atoms with Gasteiger partial charge in [0.15, 0.2) is 0 Å². The Morgan fingerprint density at radius 2 is 1.96 bits per heavy atom. The number of carbonyl (C=O) groups is 2. The number of nitrogens with one attached hydrogen (secondary N) is 1. The van der Waals surface area contributed by atoms with Crippen LogP contribution in [0.3, 0.4) is 0 Å². The third-order valence-corrected chi connectivity index (χ3v) is 4.93. The van der Waals surface area contributed by atoms with Crippen LogP contribution in [0.1, 0.15) is 52.0 Å². The zero-order chi connectivity index (χ0) is 17.7. The van der Waals surface area contributed by atoms with Crippen molar-refractivity contribution in [3.63, 3.8) is 0 Å². The SMILES string of the molecule is CCN(CC(=O)NC(C)C)C(=O)C1(c2cccc(Cl)c2)CCCC1. The van der Waals surface area contributed by atoms with E-state index in [1.165, 1.54) is 0 Å². The van der Waals surface area contributed by atoms with Gasteiger partial charge in [-0.3, -0.25) is 9.59 Å². The molecular formula is C19H27ClN2O2. The summed E-state index contributed by atoms with van der Waals surface area (Å²) in [6.45, 7) is 6.38.